The van der Waals surface area contributed by atoms with Crippen LogP contribution in [0.4, 0.5) is 4.39 Å². The number of aryl methyl sites for hydroxylation is 2. The maximum atomic E-state index is 13.1. The molecule has 1 unspecified atom stereocenters. The number of rotatable bonds is 3. The fourth-order valence-corrected chi connectivity index (χ4v) is 3.08. The second-order valence-electron chi connectivity index (χ2n) is 4.76. The fraction of sp³-hybridized carbons (Fsp3) is 0.250. The lowest BCUT2D eigenvalue weighted by Crippen LogP contribution is -2.06. The smallest absolute Gasteiger partial charge is 0.124 e. The lowest BCUT2D eigenvalue weighted by molar-refractivity contribution is 0.177. The van der Waals surface area contributed by atoms with Gasteiger partial charge in [0.05, 0.1) is 6.10 Å². The van der Waals surface area contributed by atoms with E-state index in [9.17, 15) is 9.50 Å². The van der Waals surface area contributed by atoms with Crippen LogP contribution in [-0.4, -0.2) is 5.11 Å². The van der Waals surface area contributed by atoms with Crippen molar-refractivity contribution in [2.75, 3.05) is 0 Å². The Kier molecular flexibility index (Phi) is 4.58. The van der Waals surface area contributed by atoms with Crippen molar-refractivity contribution in [3.05, 3.63) is 68.0 Å². The summed E-state index contributed by atoms with van der Waals surface area (Å²) >= 11 is 2.06. The Balaban J connectivity index is 2.28. The van der Waals surface area contributed by atoms with Gasteiger partial charge in [0.2, 0.25) is 0 Å². The third-order valence-electron chi connectivity index (χ3n) is 3.36. The van der Waals surface area contributed by atoms with Crippen LogP contribution >= 0.6 is 22.6 Å². The van der Waals surface area contributed by atoms with E-state index in [1.54, 1.807) is 6.07 Å². The monoisotopic (exact) mass is 370 g/mol. The van der Waals surface area contributed by atoms with E-state index in [0.29, 0.717) is 6.42 Å². The molecule has 0 aliphatic heterocycles. The predicted molar refractivity (Wildman–Crippen MR) is 83.7 cm³/mol. The summed E-state index contributed by atoms with van der Waals surface area (Å²) in [5.74, 6) is -0.271. The van der Waals surface area contributed by atoms with Crippen LogP contribution in [0.3, 0.4) is 0 Å². The predicted octanol–water partition coefficient (Wildman–Crippen LogP) is 4.32. The SMILES string of the molecule is Cc1cccc(C)c1CC(O)c1ccc(F)cc1I. The molecule has 1 N–H and O–H groups in total. The topological polar surface area (TPSA) is 20.2 Å². The first kappa shape index (κ1) is 14.5. The van der Waals surface area contributed by atoms with Crippen LogP contribution in [0, 0.1) is 23.2 Å². The van der Waals surface area contributed by atoms with Crippen molar-refractivity contribution in [2.24, 2.45) is 0 Å². The molecule has 0 radical (unpaired) electrons. The van der Waals surface area contributed by atoms with Crippen molar-refractivity contribution >= 4 is 22.6 Å². The Labute approximate surface area is 126 Å². The number of benzene rings is 2. The van der Waals surface area contributed by atoms with Gasteiger partial charge in [0, 0.05) is 9.99 Å². The first-order valence-corrected chi connectivity index (χ1v) is 7.25. The fourth-order valence-electron chi connectivity index (χ4n) is 2.25. The maximum absolute atomic E-state index is 13.1. The average Bonchev–Trinajstić information content (AvgIpc) is 2.33. The molecule has 0 saturated carbocycles. The maximum Gasteiger partial charge on any atom is 0.124 e. The molecule has 0 fully saturated rings. The van der Waals surface area contributed by atoms with Gasteiger partial charge in [-0.15, -0.1) is 0 Å². The zero-order valence-electron chi connectivity index (χ0n) is 11.0. The largest absolute Gasteiger partial charge is 0.388 e. The Bertz CT molecular complexity index is 575. The first-order valence-electron chi connectivity index (χ1n) is 6.17. The van der Waals surface area contributed by atoms with Gasteiger partial charge in [0.1, 0.15) is 5.82 Å². The molecule has 0 aliphatic carbocycles. The van der Waals surface area contributed by atoms with Crippen LogP contribution in [0.1, 0.15) is 28.4 Å². The van der Waals surface area contributed by atoms with E-state index in [4.69, 9.17) is 0 Å². The summed E-state index contributed by atoms with van der Waals surface area (Å²) in [7, 11) is 0. The minimum atomic E-state index is -0.604. The van der Waals surface area contributed by atoms with Crippen LogP contribution in [0.5, 0.6) is 0 Å². The number of aliphatic hydroxyl groups excluding tert-OH is 1. The van der Waals surface area contributed by atoms with Crippen LogP contribution < -0.4 is 0 Å². The highest BCUT2D eigenvalue weighted by molar-refractivity contribution is 14.1. The average molecular weight is 370 g/mol. The molecule has 2 rings (SSSR count). The number of hydrogen-bond acceptors (Lipinski definition) is 1. The van der Waals surface area contributed by atoms with Gasteiger partial charge >= 0.3 is 0 Å². The van der Waals surface area contributed by atoms with Crippen LogP contribution in [0.15, 0.2) is 36.4 Å². The summed E-state index contributed by atoms with van der Waals surface area (Å²) in [6, 6.07) is 10.6. The molecule has 0 aliphatic rings. The standard InChI is InChI=1S/C16H16FIO/c1-10-4-3-5-11(2)14(10)9-16(19)13-7-6-12(17)8-15(13)18/h3-8,16,19H,9H2,1-2H3. The summed E-state index contributed by atoms with van der Waals surface area (Å²) in [6.45, 7) is 4.09. The van der Waals surface area contributed by atoms with Crippen LogP contribution in [0.2, 0.25) is 0 Å². The van der Waals surface area contributed by atoms with Gasteiger partial charge in [-0.3, -0.25) is 0 Å². The second-order valence-corrected chi connectivity index (χ2v) is 5.92. The van der Waals surface area contributed by atoms with E-state index in [0.717, 1.165) is 14.7 Å². The lowest BCUT2D eigenvalue weighted by atomic mass is 9.94. The van der Waals surface area contributed by atoms with E-state index in [2.05, 4.69) is 22.6 Å². The van der Waals surface area contributed by atoms with Crippen molar-refractivity contribution in [3.63, 3.8) is 0 Å². The van der Waals surface area contributed by atoms with Crippen LogP contribution in [-0.2, 0) is 6.42 Å². The van der Waals surface area contributed by atoms with Gasteiger partial charge in [0.15, 0.2) is 0 Å². The molecular weight excluding hydrogens is 354 g/mol. The van der Waals surface area contributed by atoms with Crippen molar-refractivity contribution in [3.8, 4) is 0 Å². The van der Waals surface area contributed by atoms with Crippen molar-refractivity contribution < 1.29 is 9.50 Å². The zero-order chi connectivity index (χ0) is 14.0. The molecule has 19 heavy (non-hydrogen) atoms. The molecule has 100 valence electrons. The second kappa shape index (κ2) is 6.01. The first-order chi connectivity index (χ1) is 8.99. The van der Waals surface area contributed by atoms with Crippen molar-refractivity contribution in [2.45, 2.75) is 26.4 Å². The van der Waals surface area contributed by atoms with Gasteiger partial charge in [-0.25, -0.2) is 4.39 Å². The molecule has 0 amide bonds. The summed E-state index contributed by atoms with van der Waals surface area (Å²) < 4.78 is 13.8. The van der Waals surface area contributed by atoms with Gasteiger partial charge in [0.25, 0.3) is 0 Å². The molecule has 1 atom stereocenters. The summed E-state index contributed by atoms with van der Waals surface area (Å²) in [5, 5.41) is 10.4. The molecule has 3 heteroatoms. The lowest BCUT2D eigenvalue weighted by Gasteiger charge is -2.16. The van der Waals surface area contributed by atoms with E-state index >= 15 is 0 Å². The summed E-state index contributed by atoms with van der Waals surface area (Å²) in [4.78, 5) is 0. The third-order valence-corrected chi connectivity index (χ3v) is 4.30. The molecule has 0 saturated heterocycles. The minimum absolute atomic E-state index is 0.271. The number of halogens is 2. The van der Waals surface area contributed by atoms with Gasteiger partial charge < -0.3 is 5.11 Å². The Hall–Kier alpha value is -0.940. The summed E-state index contributed by atoms with van der Waals surface area (Å²) in [6.07, 6.45) is -0.0487. The van der Waals surface area contributed by atoms with E-state index in [-0.39, 0.29) is 5.82 Å². The molecule has 2 aromatic carbocycles. The highest BCUT2D eigenvalue weighted by Crippen LogP contribution is 2.26. The molecule has 0 spiro atoms. The summed E-state index contributed by atoms with van der Waals surface area (Å²) in [5.41, 5.74) is 4.30. The molecule has 1 nitrogen and oxygen atoms in total. The van der Waals surface area contributed by atoms with E-state index < -0.39 is 6.10 Å². The molecule has 0 bridgehead atoms. The Morgan fingerprint density at radius 1 is 1.16 bits per heavy atom. The van der Waals surface area contributed by atoms with E-state index in [1.807, 2.05) is 32.0 Å². The van der Waals surface area contributed by atoms with Gasteiger partial charge in [-0.2, -0.15) is 0 Å². The molecule has 2 aromatic rings. The third kappa shape index (κ3) is 3.34. The van der Waals surface area contributed by atoms with Crippen molar-refractivity contribution in [1.29, 1.82) is 0 Å². The van der Waals surface area contributed by atoms with Gasteiger partial charge in [-0.05, 0) is 70.8 Å². The van der Waals surface area contributed by atoms with Gasteiger partial charge in [-0.1, -0.05) is 24.3 Å². The quantitative estimate of drug-likeness (QED) is 0.798. The molecule has 0 heterocycles. The molecular formula is C16H16FIO. The normalized spacial score (nSPS) is 12.5. The van der Waals surface area contributed by atoms with E-state index in [1.165, 1.54) is 23.3 Å². The number of hydrogen-bond donors (Lipinski definition) is 1. The van der Waals surface area contributed by atoms with Crippen molar-refractivity contribution in [1.82, 2.24) is 0 Å². The number of aliphatic hydroxyl groups is 1. The molecule has 0 aromatic heterocycles. The zero-order valence-corrected chi connectivity index (χ0v) is 13.1. The minimum Gasteiger partial charge on any atom is -0.388 e. The Morgan fingerprint density at radius 2 is 1.79 bits per heavy atom. The highest BCUT2D eigenvalue weighted by atomic mass is 127. The Morgan fingerprint density at radius 3 is 2.37 bits per heavy atom. The van der Waals surface area contributed by atoms with Crippen LogP contribution in [0.25, 0.3) is 0 Å². The highest BCUT2D eigenvalue weighted by Gasteiger charge is 2.14.